The lowest BCUT2D eigenvalue weighted by molar-refractivity contribution is 0.402. The molecule has 0 amide bonds. The van der Waals surface area contributed by atoms with E-state index in [1.807, 2.05) is 0 Å². The molecule has 0 aromatic rings. The molecule has 3 nitrogen and oxygen atoms in total. The maximum atomic E-state index is 5.92. The van der Waals surface area contributed by atoms with Crippen molar-refractivity contribution in [1.29, 1.82) is 0 Å². The van der Waals surface area contributed by atoms with Crippen LogP contribution >= 0.6 is 0 Å². The number of aliphatic imine (C=N–C) groups is 1. The topological polar surface area (TPSA) is 41.6 Å². The molecule has 0 bridgehead atoms. The minimum atomic E-state index is 0.0130. The monoisotopic (exact) mass is 363 g/mol. The Bertz CT molecular complexity index is 376. The van der Waals surface area contributed by atoms with Crippen LogP contribution in [0.5, 0.6) is 0 Å². The SMILES string of the molecule is CCCCCCCCC=CCCCCCCCCN1CC(N)N=C1CC. The molecule has 0 saturated heterocycles. The van der Waals surface area contributed by atoms with Gasteiger partial charge in [-0.2, -0.15) is 0 Å². The smallest absolute Gasteiger partial charge is 0.117 e. The minimum absolute atomic E-state index is 0.0130. The summed E-state index contributed by atoms with van der Waals surface area (Å²) in [7, 11) is 0. The number of allylic oxidation sites excluding steroid dienone is 2. The van der Waals surface area contributed by atoms with Crippen molar-refractivity contribution in [3.8, 4) is 0 Å². The summed E-state index contributed by atoms with van der Waals surface area (Å²) in [5.74, 6) is 1.21. The van der Waals surface area contributed by atoms with Crippen LogP contribution in [0.25, 0.3) is 0 Å². The van der Waals surface area contributed by atoms with Gasteiger partial charge in [-0.25, -0.2) is 0 Å². The fourth-order valence-corrected chi connectivity index (χ4v) is 3.73. The van der Waals surface area contributed by atoms with Crippen LogP contribution in [-0.2, 0) is 0 Å². The molecule has 0 aromatic carbocycles. The van der Waals surface area contributed by atoms with Crippen molar-refractivity contribution in [3.05, 3.63) is 12.2 Å². The van der Waals surface area contributed by atoms with Gasteiger partial charge in [0.05, 0.1) is 6.54 Å². The molecule has 2 N–H and O–H groups in total. The Kier molecular flexibility index (Phi) is 14.6. The number of hydrogen-bond donors (Lipinski definition) is 1. The zero-order valence-corrected chi connectivity index (χ0v) is 17.7. The lowest BCUT2D eigenvalue weighted by Gasteiger charge is -2.19. The third-order valence-corrected chi connectivity index (χ3v) is 5.34. The van der Waals surface area contributed by atoms with Gasteiger partial charge >= 0.3 is 0 Å². The Balaban J connectivity index is 1.81. The highest BCUT2D eigenvalue weighted by atomic mass is 15.3. The van der Waals surface area contributed by atoms with Crippen LogP contribution in [-0.4, -0.2) is 30.0 Å². The van der Waals surface area contributed by atoms with Gasteiger partial charge < -0.3 is 10.6 Å². The first-order valence-corrected chi connectivity index (χ1v) is 11.5. The second-order valence-corrected chi connectivity index (χ2v) is 7.85. The Morgan fingerprint density at radius 3 is 1.96 bits per heavy atom. The summed E-state index contributed by atoms with van der Waals surface area (Å²) in [6, 6.07) is 0. The summed E-state index contributed by atoms with van der Waals surface area (Å²) in [6.45, 7) is 6.52. The molecule has 0 aromatic heterocycles. The third kappa shape index (κ3) is 11.7. The Hall–Kier alpha value is -0.830. The average molecular weight is 364 g/mol. The van der Waals surface area contributed by atoms with E-state index in [0.717, 1.165) is 19.5 Å². The number of nitrogens with zero attached hydrogens (tertiary/aromatic N) is 2. The second kappa shape index (κ2) is 16.4. The van der Waals surface area contributed by atoms with Crippen molar-refractivity contribution < 1.29 is 0 Å². The van der Waals surface area contributed by atoms with E-state index in [2.05, 4.69) is 35.9 Å². The van der Waals surface area contributed by atoms with Crippen molar-refractivity contribution in [2.45, 2.75) is 116 Å². The standard InChI is InChI=1S/C23H45N3/c1-3-5-6-7-8-9-10-11-12-13-14-15-16-17-18-19-20-26-21-22(24)25-23(26)4-2/h11-12,22H,3-10,13-21,24H2,1-2H3. The summed E-state index contributed by atoms with van der Waals surface area (Å²) >= 11 is 0. The number of amidine groups is 1. The van der Waals surface area contributed by atoms with Crippen molar-refractivity contribution in [1.82, 2.24) is 4.90 Å². The zero-order chi connectivity index (χ0) is 18.9. The Morgan fingerprint density at radius 1 is 0.846 bits per heavy atom. The van der Waals surface area contributed by atoms with E-state index < -0.39 is 0 Å². The van der Waals surface area contributed by atoms with Gasteiger partial charge in [-0.3, -0.25) is 4.99 Å². The van der Waals surface area contributed by atoms with Crippen molar-refractivity contribution in [3.63, 3.8) is 0 Å². The number of nitrogens with two attached hydrogens (primary N) is 1. The van der Waals surface area contributed by atoms with Crippen molar-refractivity contribution >= 4 is 5.84 Å². The molecule has 0 spiro atoms. The summed E-state index contributed by atoms with van der Waals surface area (Å²) in [4.78, 5) is 6.88. The van der Waals surface area contributed by atoms with E-state index in [4.69, 9.17) is 5.73 Å². The normalized spacial score (nSPS) is 17.4. The molecular weight excluding hydrogens is 318 g/mol. The number of hydrogen-bond acceptors (Lipinski definition) is 3. The van der Waals surface area contributed by atoms with E-state index in [1.54, 1.807) is 0 Å². The second-order valence-electron chi connectivity index (χ2n) is 7.85. The minimum Gasteiger partial charge on any atom is -0.357 e. The fraction of sp³-hybridized carbons (Fsp3) is 0.870. The van der Waals surface area contributed by atoms with Gasteiger partial charge in [0.15, 0.2) is 0 Å². The van der Waals surface area contributed by atoms with Crippen LogP contribution in [0.2, 0.25) is 0 Å². The molecule has 1 rings (SSSR count). The van der Waals surface area contributed by atoms with Gasteiger partial charge in [0.2, 0.25) is 0 Å². The highest BCUT2D eigenvalue weighted by Crippen LogP contribution is 2.13. The molecule has 0 saturated carbocycles. The molecule has 1 atom stereocenters. The highest BCUT2D eigenvalue weighted by Gasteiger charge is 2.19. The maximum Gasteiger partial charge on any atom is 0.117 e. The van der Waals surface area contributed by atoms with Gasteiger partial charge in [0, 0.05) is 13.0 Å². The summed E-state index contributed by atoms with van der Waals surface area (Å²) in [6.07, 6.45) is 25.0. The van der Waals surface area contributed by atoms with Gasteiger partial charge in [-0.1, -0.05) is 83.8 Å². The first-order valence-electron chi connectivity index (χ1n) is 11.5. The molecular formula is C23H45N3. The zero-order valence-electron chi connectivity index (χ0n) is 17.7. The van der Waals surface area contributed by atoms with Crippen LogP contribution in [0.4, 0.5) is 0 Å². The molecule has 0 radical (unpaired) electrons. The highest BCUT2D eigenvalue weighted by molar-refractivity contribution is 5.83. The summed E-state index contributed by atoms with van der Waals surface area (Å²) in [5, 5.41) is 0. The van der Waals surface area contributed by atoms with Crippen LogP contribution in [0.3, 0.4) is 0 Å². The van der Waals surface area contributed by atoms with Crippen LogP contribution in [0.1, 0.15) is 110 Å². The van der Waals surface area contributed by atoms with Crippen LogP contribution in [0.15, 0.2) is 17.1 Å². The number of rotatable bonds is 17. The molecule has 1 heterocycles. The molecule has 1 unspecified atom stereocenters. The molecule has 3 heteroatoms. The summed E-state index contributed by atoms with van der Waals surface area (Å²) in [5.41, 5.74) is 5.92. The number of unbranched alkanes of at least 4 members (excludes halogenated alkanes) is 12. The molecule has 1 aliphatic rings. The maximum absolute atomic E-state index is 5.92. The first-order chi connectivity index (χ1) is 12.8. The van der Waals surface area contributed by atoms with E-state index >= 15 is 0 Å². The van der Waals surface area contributed by atoms with E-state index in [-0.39, 0.29) is 6.17 Å². The van der Waals surface area contributed by atoms with Crippen molar-refractivity contribution in [2.75, 3.05) is 13.1 Å². The Labute approximate surface area is 163 Å². The molecule has 26 heavy (non-hydrogen) atoms. The predicted octanol–water partition coefficient (Wildman–Crippen LogP) is 6.43. The van der Waals surface area contributed by atoms with Gasteiger partial charge in [0.1, 0.15) is 12.0 Å². The first kappa shape index (κ1) is 23.2. The lowest BCUT2D eigenvalue weighted by Crippen LogP contribution is -2.32. The van der Waals surface area contributed by atoms with E-state index in [0.29, 0.717) is 0 Å². The molecule has 1 aliphatic heterocycles. The summed E-state index contributed by atoms with van der Waals surface area (Å²) < 4.78 is 0. The largest absolute Gasteiger partial charge is 0.357 e. The average Bonchev–Trinajstić information content (AvgIpc) is 3.01. The quantitative estimate of drug-likeness (QED) is 0.239. The van der Waals surface area contributed by atoms with E-state index in [1.165, 1.54) is 95.7 Å². The fourth-order valence-electron chi connectivity index (χ4n) is 3.73. The van der Waals surface area contributed by atoms with Gasteiger partial charge in [-0.05, 0) is 32.1 Å². The van der Waals surface area contributed by atoms with Gasteiger partial charge in [0.25, 0.3) is 0 Å². The van der Waals surface area contributed by atoms with Crippen molar-refractivity contribution in [2.24, 2.45) is 10.7 Å². The Morgan fingerprint density at radius 2 is 1.38 bits per heavy atom. The third-order valence-electron chi connectivity index (χ3n) is 5.34. The van der Waals surface area contributed by atoms with Crippen LogP contribution < -0.4 is 5.73 Å². The molecule has 152 valence electrons. The van der Waals surface area contributed by atoms with Gasteiger partial charge in [-0.15, -0.1) is 0 Å². The van der Waals surface area contributed by atoms with E-state index in [9.17, 15) is 0 Å². The lowest BCUT2D eigenvalue weighted by atomic mass is 10.1. The molecule has 0 fully saturated rings. The molecule has 0 aliphatic carbocycles. The predicted molar refractivity (Wildman–Crippen MR) is 117 cm³/mol. The van der Waals surface area contributed by atoms with Crippen LogP contribution in [0, 0.1) is 0 Å².